The van der Waals surface area contributed by atoms with Crippen molar-refractivity contribution in [3.8, 4) is 17.1 Å². The van der Waals surface area contributed by atoms with Crippen LogP contribution in [-0.2, 0) is 6.54 Å². The summed E-state index contributed by atoms with van der Waals surface area (Å²) < 4.78 is 1.46. The van der Waals surface area contributed by atoms with Crippen LogP contribution in [0.25, 0.3) is 17.1 Å². The van der Waals surface area contributed by atoms with Gasteiger partial charge in [0.05, 0.1) is 16.3 Å². The molecule has 0 aliphatic heterocycles. The first-order chi connectivity index (χ1) is 13.2. The van der Waals surface area contributed by atoms with E-state index in [9.17, 15) is 4.79 Å². The average molecular weight is 381 g/mol. The fourth-order valence-corrected chi connectivity index (χ4v) is 2.82. The molecule has 0 aliphatic rings. The number of hydrogen-bond donors (Lipinski definition) is 2. The zero-order valence-corrected chi connectivity index (χ0v) is 14.6. The van der Waals surface area contributed by atoms with Crippen LogP contribution in [0.4, 0.5) is 0 Å². The number of tetrazole rings is 1. The molecule has 10 heteroatoms. The van der Waals surface area contributed by atoms with Crippen LogP contribution < -0.4 is 5.32 Å². The van der Waals surface area contributed by atoms with Gasteiger partial charge in [-0.1, -0.05) is 29.8 Å². The zero-order valence-electron chi connectivity index (χ0n) is 13.9. The molecule has 0 bridgehead atoms. The van der Waals surface area contributed by atoms with Gasteiger partial charge < -0.3 is 5.32 Å². The molecule has 0 saturated heterocycles. The average Bonchev–Trinajstić information content (AvgIpc) is 3.40. The van der Waals surface area contributed by atoms with Crippen LogP contribution in [0.2, 0.25) is 5.02 Å². The lowest BCUT2D eigenvalue weighted by molar-refractivity contribution is 0.0951. The van der Waals surface area contributed by atoms with Gasteiger partial charge in [-0.25, -0.2) is 9.67 Å². The molecule has 0 saturated carbocycles. The highest BCUT2D eigenvalue weighted by Crippen LogP contribution is 2.20. The van der Waals surface area contributed by atoms with Crippen molar-refractivity contribution in [2.24, 2.45) is 0 Å². The second kappa shape index (κ2) is 7.34. The van der Waals surface area contributed by atoms with Gasteiger partial charge in [0, 0.05) is 12.1 Å². The van der Waals surface area contributed by atoms with Crippen LogP contribution in [0.1, 0.15) is 15.9 Å². The number of hydrogen-bond acceptors (Lipinski definition) is 6. The molecule has 0 unspecified atom stereocenters. The predicted molar refractivity (Wildman–Crippen MR) is 97.2 cm³/mol. The second-order valence-corrected chi connectivity index (χ2v) is 6.04. The van der Waals surface area contributed by atoms with Gasteiger partial charge in [0.25, 0.3) is 5.91 Å². The van der Waals surface area contributed by atoms with Crippen molar-refractivity contribution in [1.29, 1.82) is 0 Å². The van der Waals surface area contributed by atoms with E-state index in [0.29, 0.717) is 28.6 Å². The van der Waals surface area contributed by atoms with Gasteiger partial charge >= 0.3 is 0 Å². The number of carbonyl (C=O) groups is 1. The summed E-state index contributed by atoms with van der Waals surface area (Å²) in [7, 11) is 0. The number of nitrogens with one attached hydrogen (secondary N) is 2. The number of H-pyrrole nitrogens is 1. The molecule has 0 aliphatic carbocycles. The lowest BCUT2D eigenvalue weighted by Crippen LogP contribution is -2.23. The minimum atomic E-state index is -0.270. The molecule has 0 atom stereocenters. The quantitative estimate of drug-likeness (QED) is 0.547. The Bertz CT molecular complexity index is 1060. The Morgan fingerprint density at radius 3 is 2.89 bits per heavy atom. The largest absolute Gasteiger partial charge is 0.348 e. The highest BCUT2D eigenvalue weighted by atomic mass is 35.5. The summed E-state index contributed by atoms with van der Waals surface area (Å²) in [5.41, 5.74) is 2.86. The van der Waals surface area contributed by atoms with Gasteiger partial charge in [-0.3, -0.25) is 9.89 Å². The molecular weight excluding hydrogens is 368 g/mol. The molecular formula is C17H13ClN8O. The number of carbonyl (C=O) groups excluding carboxylic acids is 1. The van der Waals surface area contributed by atoms with Gasteiger partial charge in [0.1, 0.15) is 12.7 Å². The standard InChI is InChI=1S/C17H13ClN8O/c18-15-7-13(26-10-22-24-25-26)4-5-14(15)17(27)19-8-11-2-1-3-12(6-11)16-20-9-21-23-16/h1-7,9-10H,8H2,(H,19,27)(H,20,21,23). The first-order valence-electron chi connectivity index (χ1n) is 7.96. The lowest BCUT2D eigenvalue weighted by atomic mass is 10.1. The molecule has 0 spiro atoms. The van der Waals surface area contributed by atoms with Crippen molar-refractivity contribution >= 4 is 17.5 Å². The minimum absolute atomic E-state index is 0.270. The van der Waals surface area contributed by atoms with Crippen molar-refractivity contribution in [2.45, 2.75) is 6.54 Å². The maximum atomic E-state index is 12.5. The third kappa shape index (κ3) is 3.67. The van der Waals surface area contributed by atoms with Crippen molar-refractivity contribution in [1.82, 2.24) is 40.7 Å². The minimum Gasteiger partial charge on any atom is -0.348 e. The highest BCUT2D eigenvalue weighted by molar-refractivity contribution is 6.34. The Balaban J connectivity index is 1.46. The molecule has 1 amide bonds. The SMILES string of the molecule is O=C(NCc1cccc(-c2ncn[nH]2)c1)c1ccc(-n2cnnn2)cc1Cl. The normalized spacial score (nSPS) is 10.7. The van der Waals surface area contributed by atoms with Crippen molar-refractivity contribution in [2.75, 3.05) is 0 Å². The molecule has 0 radical (unpaired) electrons. The lowest BCUT2D eigenvalue weighted by Gasteiger charge is -2.09. The summed E-state index contributed by atoms with van der Waals surface area (Å²) in [5, 5.41) is 20.8. The third-order valence-electron chi connectivity index (χ3n) is 3.88. The Kier molecular flexibility index (Phi) is 4.58. The van der Waals surface area contributed by atoms with E-state index in [0.717, 1.165) is 11.1 Å². The van der Waals surface area contributed by atoms with E-state index in [1.807, 2.05) is 24.3 Å². The van der Waals surface area contributed by atoms with Gasteiger partial charge in [-0.15, -0.1) is 5.10 Å². The second-order valence-electron chi connectivity index (χ2n) is 5.64. The van der Waals surface area contributed by atoms with Crippen LogP contribution in [0, 0.1) is 0 Å². The van der Waals surface area contributed by atoms with Crippen molar-refractivity contribution in [3.63, 3.8) is 0 Å². The molecule has 2 N–H and O–H groups in total. The first-order valence-corrected chi connectivity index (χ1v) is 8.34. The summed E-state index contributed by atoms with van der Waals surface area (Å²) in [5.74, 6) is 0.401. The van der Waals surface area contributed by atoms with E-state index >= 15 is 0 Å². The van der Waals surface area contributed by atoms with E-state index in [1.165, 1.54) is 17.3 Å². The molecule has 0 fully saturated rings. The van der Waals surface area contributed by atoms with Crippen LogP contribution >= 0.6 is 11.6 Å². The fraction of sp³-hybridized carbons (Fsp3) is 0.0588. The van der Waals surface area contributed by atoms with E-state index < -0.39 is 0 Å². The van der Waals surface area contributed by atoms with Crippen molar-refractivity contribution < 1.29 is 4.79 Å². The Morgan fingerprint density at radius 2 is 2.15 bits per heavy atom. The van der Waals surface area contributed by atoms with Gasteiger partial charge in [0.2, 0.25) is 0 Å². The fourth-order valence-electron chi connectivity index (χ4n) is 2.56. The van der Waals surface area contributed by atoms with Gasteiger partial charge in [-0.2, -0.15) is 5.10 Å². The summed E-state index contributed by atoms with van der Waals surface area (Å²) in [6, 6.07) is 12.7. The zero-order chi connectivity index (χ0) is 18.6. The molecule has 4 rings (SSSR count). The third-order valence-corrected chi connectivity index (χ3v) is 4.19. The summed E-state index contributed by atoms with van der Waals surface area (Å²) >= 11 is 6.25. The number of aromatic nitrogens is 7. The molecule has 2 aromatic carbocycles. The number of amides is 1. The van der Waals surface area contributed by atoms with E-state index in [2.05, 4.69) is 36.0 Å². The summed E-state index contributed by atoms with van der Waals surface area (Å²) in [6.07, 6.45) is 2.90. The van der Waals surface area contributed by atoms with Crippen LogP contribution in [0.3, 0.4) is 0 Å². The molecule has 9 nitrogen and oxygen atoms in total. The summed E-state index contributed by atoms with van der Waals surface area (Å²) in [4.78, 5) is 16.6. The number of rotatable bonds is 5. The highest BCUT2D eigenvalue weighted by Gasteiger charge is 2.12. The Hall–Kier alpha value is -3.59. The monoisotopic (exact) mass is 380 g/mol. The summed E-state index contributed by atoms with van der Waals surface area (Å²) in [6.45, 7) is 0.353. The van der Waals surface area contributed by atoms with Gasteiger partial charge in [-0.05, 0) is 40.3 Å². The van der Waals surface area contributed by atoms with Crippen LogP contribution in [0.15, 0.2) is 55.1 Å². The molecule has 2 heterocycles. The van der Waals surface area contributed by atoms with E-state index in [1.54, 1.807) is 18.2 Å². The topological polar surface area (TPSA) is 114 Å². The Morgan fingerprint density at radius 1 is 1.22 bits per heavy atom. The molecule has 4 aromatic rings. The van der Waals surface area contributed by atoms with E-state index in [-0.39, 0.29) is 5.91 Å². The number of benzene rings is 2. The number of aromatic amines is 1. The maximum absolute atomic E-state index is 12.5. The smallest absolute Gasteiger partial charge is 0.253 e. The predicted octanol–water partition coefficient (Wildman–Crippen LogP) is 2.03. The van der Waals surface area contributed by atoms with Gasteiger partial charge in [0.15, 0.2) is 5.82 Å². The molecule has 27 heavy (non-hydrogen) atoms. The van der Waals surface area contributed by atoms with E-state index in [4.69, 9.17) is 11.6 Å². The molecule has 134 valence electrons. The maximum Gasteiger partial charge on any atom is 0.253 e. The number of halogens is 1. The Labute approximate surface area is 158 Å². The van der Waals surface area contributed by atoms with Crippen molar-refractivity contribution in [3.05, 3.63) is 71.3 Å². The van der Waals surface area contributed by atoms with Crippen LogP contribution in [0.5, 0.6) is 0 Å². The first kappa shape index (κ1) is 16.9. The number of nitrogens with zero attached hydrogens (tertiary/aromatic N) is 6. The molecule has 2 aromatic heterocycles. The van der Waals surface area contributed by atoms with Crippen LogP contribution in [-0.4, -0.2) is 41.3 Å².